The van der Waals surface area contributed by atoms with E-state index in [4.69, 9.17) is 20.4 Å². The third-order valence-corrected chi connectivity index (χ3v) is 3.77. The number of isocyanates is 2. The van der Waals surface area contributed by atoms with E-state index < -0.39 is 0 Å². The Morgan fingerprint density at radius 3 is 1.78 bits per heavy atom. The van der Waals surface area contributed by atoms with Crippen molar-refractivity contribution in [3.63, 3.8) is 0 Å². The molecule has 0 bridgehead atoms. The van der Waals surface area contributed by atoms with E-state index in [1.807, 2.05) is 0 Å². The van der Waals surface area contributed by atoms with Crippen molar-refractivity contribution in [1.82, 2.24) is 0 Å². The van der Waals surface area contributed by atoms with Crippen LogP contribution in [0.25, 0.3) is 0 Å². The molecule has 0 fully saturated rings. The van der Waals surface area contributed by atoms with E-state index in [1.165, 1.54) is 22.3 Å². The van der Waals surface area contributed by atoms with Gasteiger partial charge in [0, 0.05) is 5.41 Å². The molecule has 0 radical (unpaired) electrons. The molecule has 0 aliphatic heterocycles. The van der Waals surface area contributed by atoms with Crippen molar-refractivity contribution in [2.45, 2.75) is 33.1 Å². The van der Waals surface area contributed by atoms with Gasteiger partial charge in [0.1, 0.15) is 0 Å². The third kappa shape index (κ3) is 5.84. The Bertz CT molecular complexity index is 668. The minimum absolute atomic E-state index is 0.0668. The summed E-state index contributed by atoms with van der Waals surface area (Å²) in [5.41, 5.74) is 5.63. The first kappa shape index (κ1) is 20.2. The smallest absolute Gasteiger partial charge is 0.222 e. The summed E-state index contributed by atoms with van der Waals surface area (Å²) in [6.45, 7) is 8.99. The Hall–Kier alpha value is -2.80. The molecule has 0 saturated carbocycles. The van der Waals surface area contributed by atoms with Crippen LogP contribution in [0, 0.1) is 24.7 Å². The standard InChI is InChI=1S/C17H20.2CHNO/c1-13-9-8-12-16(14(13)2)17(3,4)15-10-6-5-7-11-15;2*2-1-3/h5-12H,1-4H3;2*2H. The first-order valence-electron chi connectivity index (χ1n) is 7.06. The van der Waals surface area contributed by atoms with Crippen LogP contribution in [-0.2, 0) is 15.0 Å². The first-order chi connectivity index (χ1) is 10.9. The maximum Gasteiger partial charge on any atom is 0.231 e. The van der Waals surface area contributed by atoms with Gasteiger partial charge in [0.05, 0.1) is 0 Å². The van der Waals surface area contributed by atoms with Gasteiger partial charge in [-0.15, -0.1) is 0 Å². The summed E-state index contributed by atoms with van der Waals surface area (Å²) < 4.78 is 0. The Morgan fingerprint density at radius 1 is 0.826 bits per heavy atom. The van der Waals surface area contributed by atoms with Crippen LogP contribution < -0.4 is 0 Å². The van der Waals surface area contributed by atoms with Gasteiger partial charge in [-0.3, -0.25) is 0 Å². The number of benzene rings is 2. The maximum absolute atomic E-state index is 8.35. The number of hydrogen-bond donors (Lipinski definition) is 2. The fraction of sp³-hybridized carbons (Fsp3) is 0.263. The maximum atomic E-state index is 8.35. The average Bonchev–Trinajstić information content (AvgIpc) is 2.52. The second kappa shape index (κ2) is 10.0. The lowest BCUT2D eigenvalue weighted by atomic mass is 9.75. The van der Waals surface area contributed by atoms with Crippen molar-refractivity contribution in [3.05, 3.63) is 70.8 Å². The largest absolute Gasteiger partial charge is 0.231 e. The molecular weight excluding hydrogens is 288 g/mol. The molecule has 0 heterocycles. The summed E-state index contributed by atoms with van der Waals surface area (Å²) in [6.07, 6.45) is 1.50. The monoisotopic (exact) mass is 310 g/mol. The molecule has 2 rings (SSSR count). The molecule has 0 aliphatic rings. The highest BCUT2D eigenvalue weighted by molar-refractivity contribution is 5.44. The highest BCUT2D eigenvalue weighted by Gasteiger charge is 2.24. The minimum Gasteiger partial charge on any atom is -0.222 e. The van der Waals surface area contributed by atoms with Gasteiger partial charge in [-0.2, -0.15) is 0 Å². The van der Waals surface area contributed by atoms with Crippen molar-refractivity contribution in [2.75, 3.05) is 0 Å². The van der Waals surface area contributed by atoms with E-state index in [1.54, 1.807) is 0 Å². The number of rotatable bonds is 2. The van der Waals surface area contributed by atoms with Crippen molar-refractivity contribution in [1.29, 1.82) is 10.8 Å². The van der Waals surface area contributed by atoms with Gasteiger partial charge < -0.3 is 0 Å². The molecule has 2 N–H and O–H groups in total. The van der Waals surface area contributed by atoms with E-state index in [0.717, 1.165) is 12.2 Å². The fourth-order valence-electron chi connectivity index (χ4n) is 2.44. The van der Waals surface area contributed by atoms with Gasteiger partial charge in [-0.25, -0.2) is 20.4 Å². The second-order valence-corrected chi connectivity index (χ2v) is 5.44. The Morgan fingerprint density at radius 2 is 1.30 bits per heavy atom. The Kier molecular flexibility index (Phi) is 8.80. The van der Waals surface area contributed by atoms with Crippen molar-refractivity contribution < 1.29 is 9.59 Å². The first-order valence-corrected chi connectivity index (χ1v) is 7.06. The molecule has 0 amide bonds. The van der Waals surface area contributed by atoms with Gasteiger partial charge in [0.25, 0.3) is 0 Å². The zero-order valence-electron chi connectivity index (χ0n) is 13.9. The molecule has 0 aromatic heterocycles. The predicted octanol–water partition coefficient (Wildman–Crippen LogP) is 4.43. The van der Waals surface area contributed by atoms with Gasteiger partial charge >= 0.3 is 0 Å². The van der Waals surface area contributed by atoms with E-state index in [-0.39, 0.29) is 5.41 Å². The summed E-state index contributed by atoms with van der Waals surface area (Å²) in [5.74, 6) is 0. The van der Waals surface area contributed by atoms with Crippen LogP contribution in [-0.4, -0.2) is 12.2 Å². The molecule has 2 aromatic rings. The topological polar surface area (TPSA) is 81.8 Å². The van der Waals surface area contributed by atoms with Gasteiger partial charge in [-0.05, 0) is 36.1 Å². The van der Waals surface area contributed by atoms with E-state index >= 15 is 0 Å². The van der Waals surface area contributed by atoms with Crippen LogP contribution in [0.3, 0.4) is 0 Å². The second-order valence-electron chi connectivity index (χ2n) is 5.44. The Labute approximate surface area is 137 Å². The van der Waals surface area contributed by atoms with E-state index in [2.05, 4.69) is 76.2 Å². The molecule has 0 atom stereocenters. The van der Waals surface area contributed by atoms with Gasteiger partial charge in [0.15, 0.2) is 0 Å². The molecule has 0 spiro atoms. The molecule has 0 aliphatic carbocycles. The van der Waals surface area contributed by atoms with Crippen LogP contribution in [0.5, 0.6) is 0 Å². The van der Waals surface area contributed by atoms with Crippen molar-refractivity contribution in [2.24, 2.45) is 0 Å². The van der Waals surface area contributed by atoms with E-state index in [0.29, 0.717) is 0 Å². The molecule has 120 valence electrons. The van der Waals surface area contributed by atoms with Crippen molar-refractivity contribution in [3.8, 4) is 0 Å². The summed E-state index contributed by atoms with van der Waals surface area (Å²) in [6, 6.07) is 17.3. The molecule has 4 heteroatoms. The van der Waals surface area contributed by atoms with E-state index in [9.17, 15) is 0 Å². The average molecular weight is 310 g/mol. The van der Waals surface area contributed by atoms with Crippen LogP contribution in [0.4, 0.5) is 0 Å². The summed E-state index contributed by atoms with van der Waals surface area (Å²) >= 11 is 0. The normalized spacial score (nSPS) is 9.22. The molecule has 2 aromatic carbocycles. The van der Waals surface area contributed by atoms with Crippen LogP contribution >= 0.6 is 0 Å². The van der Waals surface area contributed by atoms with Crippen LogP contribution in [0.2, 0.25) is 0 Å². The lowest BCUT2D eigenvalue weighted by Gasteiger charge is -2.28. The zero-order valence-corrected chi connectivity index (χ0v) is 13.9. The molecule has 0 saturated heterocycles. The summed E-state index contributed by atoms with van der Waals surface area (Å²) in [5, 5.41) is 10.8. The molecular formula is C19H22N2O2. The highest BCUT2D eigenvalue weighted by Crippen LogP contribution is 2.34. The zero-order chi connectivity index (χ0) is 17.9. The van der Waals surface area contributed by atoms with Crippen molar-refractivity contribution >= 4 is 12.2 Å². The number of hydrogen-bond acceptors (Lipinski definition) is 4. The lowest BCUT2D eigenvalue weighted by molar-refractivity contribution is 0.562. The number of carbonyl (C=O) groups excluding carboxylic acids is 2. The summed E-state index contributed by atoms with van der Waals surface area (Å²) in [7, 11) is 0. The molecule has 4 nitrogen and oxygen atoms in total. The number of aryl methyl sites for hydroxylation is 1. The van der Waals surface area contributed by atoms with Crippen LogP contribution in [0.1, 0.15) is 36.1 Å². The third-order valence-electron chi connectivity index (χ3n) is 3.77. The SMILES string of the molecule is Cc1cccc(C(C)(C)c2ccccc2)c1C.N=C=O.N=C=O. The lowest BCUT2D eigenvalue weighted by Crippen LogP contribution is -2.20. The summed E-state index contributed by atoms with van der Waals surface area (Å²) in [4.78, 5) is 16.7. The fourth-order valence-corrected chi connectivity index (χ4v) is 2.44. The predicted molar refractivity (Wildman–Crippen MR) is 91.3 cm³/mol. The quantitative estimate of drug-likeness (QED) is 0.635. The molecule has 0 unspecified atom stereocenters. The number of nitrogens with one attached hydrogen (secondary N) is 2. The van der Waals surface area contributed by atoms with Gasteiger partial charge in [-0.1, -0.05) is 62.4 Å². The highest BCUT2D eigenvalue weighted by atomic mass is 16.1. The van der Waals surface area contributed by atoms with Gasteiger partial charge in [0.2, 0.25) is 12.2 Å². The van der Waals surface area contributed by atoms with Crippen LogP contribution in [0.15, 0.2) is 48.5 Å². The molecule has 23 heavy (non-hydrogen) atoms. The minimum atomic E-state index is 0.0668. The Balaban J connectivity index is 0.000000704.